The van der Waals surface area contributed by atoms with Crippen LogP contribution in [0.3, 0.4) is 0 Å². The van der Waals surface area contributed by atoms with Gasteiger partial charge in [0.15, 0.2) is 5.65 Å². The van der Waals surface area contributed by atoms with Crippen molar-refractivity contribution in [1.29, 1.82) is 0 Å². The molecule has 2 aliphatic rings. The third-order valence-electron chi connectivity index (χ3n) is 8.78. The molecule has 1 saturated carbocycles. The molecule has 6 rings (SSSR count). The molecule has 220 valence electrons. The number of benzene rings is 2. The largest absolute Gasteiger partial charge is 0.495 e. The van der Waals surface area contributed by atoms with Gasteiger partial charge in [-0.25, -0.2) is 19.4 Å². The van der Waals surface area contributed by atoms with Gasteiger partial charge < -0.3 is 21.1 Å². The second-order valence-electron chi connectivity index (χ2n) is 11.3. The summed E-state index contributed by atoms with van der Waals surface area (Å²) in [5, 5.41) is 5.82. The first-order valence-electron chi connectivity index (χ1n) is 14.6. The zero-order chi connectivity index (χ0) is 29.2. The van der Waals surface area contributed by atoms with Crippen LogP contribution in [0.1, 0.15) is 37.3 Å². The number of aromatic nitrogens is 4. The zero-order valence-electron chi connectivity index (χ0n) is 24.3. The maximum absolute atomic E-state index is 12.5. The maximum Gasteiger partial charge on any atom is 0.319 e. The van der Waals surface area contributed by atoms with Crippen LogP contribution in [0.25, 0.3) is 22.3 Å². The molecule has 42 heavy (non-hydrogen) atoms. The molecule has 0 spiro atoms. The van der Waals surface area contributed by atoms with Gasteiger partial charge in [-0.15, -0.1) is 0 Å². The Morgan fingerprint density at radius 3 is 2.40 bits per heavy atom. The first kappa shape index (κ1) is 27.9. The van der Waals surface area contributed by atoms with Gasteiger partial charge in [0.25, 0.3) is 0 Å². The van der Waals surface area contributed by atoms with Crippen LogP contribution in [-0.4, -0.2) is 82.0 Å². The molecule has 1 aliphatic carbocycles. The third-order valence-corrected chi connectivity index (χ3v) is 8.78. The first-order chi connectivity index (χ1) is 20.4. The molecule has 11 heteroatoms. The van der Waals surface area contributed by atoms with Crippen LogP contribution in [-0.2, 0) is 6.54 Å². The van der Waals surface area contributed by atoms with E-state index >= 15 is 0 Å². The van der Waals surface area contributed by atoms with E-state index in [4.69, 9.17) is 21.3 Å². The van der Waals surface area contributed by atoms with Crippen molar-refractivity contribution in [2.24, 2.45) is 5.73 Å². The number of methoxy groups -OCH3 is 1. The van der Waals surface area contributed by atoms with Crippen LogP contribution >= 0.6 is 0 Å². The highest BCUT2D eigenvalue weighted by Crippen LogP contribution is 2.40. The van der Waals surface area contributed by atoms with Gasteiger partial charge in [0.2, 0.25) is 0 Å². The van der Waals surface area contributed by atoms with Crippen molar-refractivity contribution >= 4 is 28.6 Å². The standard InChI is InChI=1S/C31H39N9O2/c1-37-14-16-38(17-15-37)23-9-11-24(12-10-23)40-30-27(29(32)34-20-35-30)28(36-40)22-8-13-25(26(18-22)42-2)39(31(33)41)19-21-6-4-3-5-7-21/h3-8,13,18,20,23-24H,9-12,14-17,19H2,1-2H3,(H2,33,41)(H2,32,34,35). The van der Waals surface area contributed by atoms with E-state index < -0.39 is 6.03 Å². The number of likely N-dealkylation sites (N-methyl/N-ethyl adjacent to an activating group) is 1. The number of hydrogen-bond donors (Lipinski definition) is 2. The highest BCUT2D eigenvalue weighted by Gasteiger charge is 2.31. The second kappa shape index (κ2) is 11.9. The molecule has 2 fully saturated rings. The number of primary amides is 1. The van der Waals surface area contributed by atoms with Crippen molar-refractivity contribution in [3.63, 3.8) is 0 Å². The van der Waals surface area contributed by atoms with Gasteiger partial charge in [-0.2, -0.15) is 5.10 Å². The first-order valence-corrected chi connectivity index (χ1v) is 14.6. The summed E-state index contributed by atoms with van der Waals surface area (Å²) in [5.41, 5.74) is 16.0. The molecule has 4 aromatic rings. The van der Waals surface area contributed by atoms with E-state index in [0.29, 0.717) is 35.5 Å². The molecule has 0 atom stereocenters. The van der Waals surface area contributed by atoms with E-state index in [1.54, 1.807) is 7.11 Å². The molecule has 2 aromatic heterocycles. The Balaban J connectivity index is 1.30. The minimum atomic E-state index is -0.565. The smallest absolute Gasteiger partial charge is 0.319 e. The number of hydrogen-bond acceptors (Lipinski definition) is 8. The monoisotopic (exact) mass is 569 g/mol. The van der Waals surface area contributed by atoms with E-state index in [-0.39, 0.29) is 6.04 Å². The van der Waals surface area contributed by atoms with Crippen LogP contribution in [0.5, 0.6) is 5.75 Å². The van der Waals surface area contributed by atoms with Crippen molar-refractivity contribution < 1.29 is 9.53 Å². The van der Waals surface area contributed by atoms with E-state index in [9.17, 15) is 4.79 Å². The highest BCUT2D eigenvalue weighted by atomic mass is 16.5. The van der Waals surface area contributed by atoms with Crippen molar-refractivity contribution in [3.8, 4) is 17.0 Å². The Hall–Kier alpha value is -4.22. The van der Waals surface area contributed by atoms with Gasteiger partial charge in [0.05, 0.1) is 30.8 Å². The van der Waals surface area contributed by atoms with E-state index in [1.165, 1.54) is 11.2 Å². The normalized spacial score (nSPS) is 20.0. The topological polar surface area (TPSA) is 132 Å². The number of ether oxygens (including phenoxy) is 1. The quantitative estimate of drug-likeness (QED) is 0.343. The zero-order valence-corrected chi connectivity index (χ0v) is 24.3. The molecule has 0 unspecified atom stereocenters. The summed E-state index contributed by atoms with van der Waals surface area (Å²) in [7, 11) is 3.78. The van der Waals surface area contributed by atoms with Crippen LogP contribution in [0.2, 0.25) is 0 Å². The number of nitrogens with two attached hydrogens (primary N) is 2. The van der Waals surface area contributed by atoms with Gasteiger partial charge in [0, 0.05) is 37.8 Å². The van der Waals surface area contributed by atoms with Crippen LogP contribution in [0.15, 0.2) is 54.9 Å². The third kappa shape index (κ3) is 5.49. The Labute approximate surface area is 246 Å². The summed E-state index contributed by atoms with van der Waals surface area (Å²) in [6.45, 7) is 4.87. The number of carbonyl (C=O) groups excluding carboxylic acids is 1. The van der Waals surface area contributed by atoms with Crippen molar-refractivity contribution in [3.05, 3.63) is 60.4 Å². The average molecular weight is 570 g/mol. The summed E-state index contributed by atoms with van der Waals surface area (Å²) >= 11 is 0. The van der Waals surface area contributed by atoms with Gasteiger partial charge in [-0.3, -0.25) is 9.80 Å². The van der Waals surface area contributed by atoms with Gasteiger partial charge in [-0.05, 0) is 50.4 Å². The molecule has 2 aromatic carbocycles. The highest BCUT2D eigenvalue weighted by molar-refractivity contribution is 5.99. The lowest BCUT2D eigenvalue weighted by atomic mass is 9.90. The number of urea groups is 1. The number of anilines is 2. The number of nitrogen functional groups attached to an aromatic ring is 1. The fraction of sp³-hybridized carbons (Fsp3) is 0.419. The SMILES string of the molecule is COc1cc(-c2nn(C3CCC(N4CCN(C)CC4)CC3)c3ncnc(N)c23)ccc1N(Cc1ccccc1)C(N)=O. The lowest BCUT2D eigenvalue weighted by Crippen LogP contribution is -2.49. The summed E-state index contributed by atoms with van der Waals surface area (Å²) in [6, 6.07) is 15.6. The molecule has 0 radical (unpaired) electrons. The molecule has 3 heterocycles. The maximum atomic E-state index is 12.5. The Kier molecular flexibility index (Phi) is 7.94. The Morgan fingerprint density at radius 2 is 1.71 bits per heavy atom. The van der Waals surface area contributed by atoms with Crippen molar-refractivity contribution in [1.82, 2.24) is 29.5 Å². The van der Waals surface area contributed by atoms with Gasteiger partial charge >= 0.3 is 6.03 Å². The molecular formula is C31H39N9O2. The minimum Gasteiger partial charge on any atom is -0.495 e. The lowest BCUT2D eigenvalue weighted by Gasteiger charge is -2.41. The Morgan fingerprint density at radius 1 is 1.00 bits per heavy atom. The molecule has 4 N–H and O–H groups in total. The number of nitrogens with zero attached hydrogens (tertiary/aromatic N) is 7. The number of fused-ring (bicyclic) bond motifs is 1. The molecule has 1 saturated heterocycles. The predicted octanol–water partition coefficient (Wildman–Crippen LogP) is 3.90. The fourth-order valence-corrected chi connectivity index (χ4v) is 6.40. The molecule has 0 bridgehead atoms. The fourth-order valence-electron chi connectivity index (χ4n) is 6.40. The minimum absolute atomic E-state index is 0.233. The number of amides is 2. The number of piperazine rings is 1. The van der Waals surface area contributed by atoms with E-state index in [1.807, 2.05) is 48.5 Å². The van der Waals surface area contributed by atoms with Crippen LogP contribution in [0.4, 0.5) is 16.3 Å². The van der Waals surface area contributed by atoms with E-state index in [2.05, 4.69) is 31.5 Å². The van der Waals surface area contributed by atoms with Crippen molar-refractivity contribution in [2.45, 2.75) is 44.3 Å². The van der Waals surface area contributed by atoms with Gasteiger partial charge in [0.1, 0.15) is 23.6 Å². The predicted molar refractivity (Wildman–Crippen MR) is 164 cm³/mol. The summed E-state index contributed by atoms with van der Waals surface area (Å²) in [5.74, 6) is 0.895. The van der Waals surface area contributed by atoms with E-state index in [0.717, 1.165) is 74.0 Å². The number of carbonyl (C=O) groups is 1. The summed E-state index contributed by atoms with van der Waals surface area (Å²) in [4.78, 5) is 28.0. The molecule has 1 aliphatic heterocycles. The lowest BCUT2D eigenvalue weighted by molar-refractivity contribution is 0.0815. The van der Waals surface area contributed by atoms with Gasteiger partial charge in [-0.1, -0.05) is 36.4 Å². The van der Waals surface area contributed by atoms with Crippen LogP contribution in [0, 0.1) is 0 Å². The average Bonchev–Trinajstić information content (AvgIpc) is 3.41. The Bertz CT molecular complexity index is 1540. The molecular weight excluding hydrogens is 530 g/mol. The van der Waals surface area contributed by atoms with Crippen LogP contribution < -0.4 is 21.1 Å². The molecule has 2 amide bonds. The number of rotatable bonds is 7. The molecule has 11 nitrogen and oxygen atoms in total. The van der Waals surface area contributed by atoms with Crippen molar-refractivity contribution in [2.75, 3.05) is 51.0 Å². The summed E-state index contributed by atoms with van der Waals surface area (Å²) < 4.78 is 7.81. The second-order valence-corrected chi connectivity index (χ2v) is 11.3. The summed E-state index contributed by atoms with van der Waals surface area (Å²) in [6.07, 6.45) is 5.85.